The van der Waals surface area contributed by atoms with Crippen LogP contribution in [-0.2, 0) is 9.59 Å². The van der Waals surface area contributed by atoms with E-state index in [0.717, 1.165) is 19.6 Å². The van der Waals surface area contributed by atoms with Crippen molar-refractivity contribution in [2.75, 3.05) is 39.3 Å². The van der Waals surface area contributed by atoms with Crippen molar-refractivity contribution in [3.8, 4) is 0 Å². The molecule has 2 fully saturated rings. The Kier molecular flexibility index (Phi) is 4.33. The van der Waals surface area contributed by atoms with Crippen molar-refractivity contribution in [1.29, 1.82) is 0 Å². The van der Waals surface area contributed by atoms with Crippen molar-refractivity contribution < 1.29 is 9.59 Å². The number of rotatable bonds is 4. The molecule has 17 heavy (non-hydrogen) atoms. The lowest BCUT2D eigenvalue weighted by Gasteiger charge is -2.23. The van der Waals surface area contributed by atoms with Crippen molar-refractivity contribution in [2.45, 2.75) is 18.9 Å². The molecule has 0 spiro atoms. The van der Waals surface area contributed by atoms with Gasteiger partial charge in [-0.3, -0.25) is 14.9 Å². The Morgan fingerprint density at radius 1 is 1.41 bits per heavy atom. The third-order valence-electron chi connectivity index (χ3n) is 3.25. The summed E-state index contributed by atoms with van der Waals surface area (Å²) in [6.07, 6.45) is 2.54. The number of amides is 2. The van der Waals surface area contributed by atoms with Crippen LogP contribution in [0.3, 0.4) is 0 Å². The molecule has 3 N–H and O–H groups in total. The summed E-state index contributed by atoms with van der Waals surface area (Å²) in [6, 6.07) is -0.286. The third kappa shape index (κ3) is 3.67. The lowest BCUT2D eigenvalue weighted by atomic mass is 10.2. The molecule has 2 aliphatic heterocycles. The smallest absolute Gasteiger partial charge is 0.239 e. The van der Waals surface area contributed by atoms with Crippen LogP contribution in [0.25, 0.3) is 0 Å². The minimum absolute atomic E-state index is 0.0239. The normalized spacial score (nSPS) is 25.6. The molecule has 0 aromatic heterocycles. The van der Waals surface area contributed by atoms with Crippen LogP contribution in [0, 0.1) is 0 Å². The van der Waals surface area contributed by atoms with Gasteiger partial charge in [0.1, 0.15) is 6.04 Å². The molecule has 0 bridgehead atoms. The number of hydrogen-bond acceptors (Lipinski definition) is 4. The van der Waals surface area contributed by atoms with Gasteiger partial charge in [-0.1, -0.05) is 0 Å². The second kappa shape index (κ2) is 5.97. The Bertz CT molecular complexity index is 279. The highest BCUT2D eigenvalue weighted by Gasteiger charge is 2.23. The molecule has 2 saturated heterocycles. The van der Waals surface area contributed by atoms with Crippen LogP contribution in [0.4, 0.5) is 0 Å². The van der Waals surface area contributed by atoms with Crippen molar-refractivity contribution in [3.05, 3.63) is 0 Å². The van der Waals surface area contributed by atoms with Crippen LogP contribution in [0.15, 0.2) is 0 Å². The molecule has 1 unspecified atom stereocenters. The maximum absolute atomic E-state index is 11.7. The molecular formula is C11H20N4O2. The Hall–Kier alpha value is -1.14. The predicted molar refractivity (Wildman–Crippen MR) is 63.5 cm³/mol. The number of piperazine rings is 1. The average Bonchev–Trinajstić information content (AvgIpc) is 2.83. The Morgan fingerprint density at radius 3 is 2.82 bits per heavy atom. The van der Waals surface area contributed by atoms with E-state index in [0.29, 0.717) is 13.1 Å². The zero-order valence-electron chi connectivity index (χ0n) is 10.00. The summed E-state index contributed by atoms with van der Waals surface area (Å²) in [7, 11) is 0. The summed E-state index contributed by atoms with van der Waals surface area (Å²) >= 11 is 0. The SMILES string of the molecule is O=C1CNC(C(=O)NCCN2CCCC2)CN1. The van der Waals surface area contributed by atoms with E-state index in [9.17, 15) is 9.59 Å². The second-order valence-corrected chi connectivity index (χ2v) is 4.58. The average molecular weight is 240 g/mol. The fourth-order valence-electron chi connectivity index (χ4n) is 2.22. The van der Waals surface area contributed by atoms with E-state index < -0.39 is 0 Å². The molecule has 0 aromatic carbocycles. The molecule has 6 heteroatoms. The van der Waals surface area contributed by atoms with Gasteiger partial charge in [0.2, 0.25) is 11.8 Å². The maximum atomic E-state index is 11.7. The summed E-state index contributed by atoms with van der Waals surface area (Å²) in [4.78, 5) is 25.0. The molecule has 96 valence electrons. The van der Waals surface area contributed by atoms with Gasteiger partial charge in [0.05, 0.1) is 6.54 Å². The Labute approximate surface area is 101 Å². The maximum Gasteiger partial charge on any atom is 0.239 e. The fraction of sp³-hybridized carbons (Fsp3) is 0.818. The first-order valence-electron chi connectivity index (χ1n) is 6.26. The first kappa shape index (κ1) is 12.3. The number of hydrogen-bond donors (Lipinski definition) is 3. The first-order chi connectivity index (χ1) is 8.25. The number of carbonyl (C=O) groups is 2. The van der Waals surface area contributed by atoms with Crippen molar-refractivity contribution in [1.82, 2.24) is 20.9 Å². The van der Waals surface area contributed by atoms with Gasteiger partial charge in [-0.2, -0.15) is 0 Å². The van der Waals surface area contributed by atoms with Crippen LogP contribution in [0.1, 0.15) is 12.8 Å². The summed E-state index contributed by atoms with van der Waals surface area (Å²) in [5.74, 6) is -0.0738. The van der Waals surface area contributed by atoms with Crippen LogP contribution < -0.4 is 16.0 Å². The lowest BCUT2D eigenvalue weighted by Crippen LogP contribution is -2.58. The van der Waals surface area contributed by atoms with Crippen LogP contribution >= 0.6 is 0 Å². The van der Waals surface area contributed by atoms with E-state index in [4.69, 9.17) is 0 Å². The molecule has 0 saturated carbocycles. The molecule has 2 amide bonds. The van der Waals surface area contributed by atoms with Gasteiger partial charge >= 0.3 is 0 Å². The van der Waals surface area contributed by atoms with E-state index in [-0.39, 0.29) is 24.4 Å². The molecule has 2 rings (SSSR count). The van der Waals surface area contributed by atoms with Crippen LogP contribution in [0.2, 0.25) is 0 Å². The zero-order valence-corrected chi connectivity index (χ0v) is 10.00. The van der Waals surface area contributed by atoms with Crippen molar-refractivity contribution >= 4 is 11.8 Å². The highest BCUT2D eigenvalue weighted by atomic mass is 16.2. The van der Waals surface area contributed by atoms with Gasteiger partial charge in [0.25, 0.3) is 0 Å². The second-order valence-electron chi connectivity index (χ2n) is 4.58. The predicted octanol–water partition coefficient (Wildman–Crippen LogP) is -1.71. The monoisotopic (exact) mass is 240 g/mol. The zero-order chi connectivity index (χ0) is 12.1. The van der Waals surface area contributed by atoms with E-state index in [1.54, 1.807) is 0 Å². The fourth-order valence-corrected chi connectivity index (χ4v) is 2.22. The molecule has 2 heterocycles. The first-order valence-corrected chi connectivity index (χ1v) is 6.26. The summed E-state index contributed by atoms with van der Waals surface area (Å²) in [6.45, 7) is 4.51. The highest BCUT2D eigenvalue weighted by molar-refractivity contribution is 5.86. The van der Waals surface area contributed by atoms with Gasteiger partial charge in [-0.05, 0) is 25.9 Å². The van der Waals surface area contributed by atoms with Gasteiger partial charge in [0, 0.05) is 19.6 Å². The molecule has 0 aromatic rings. The number of likely N-dealkylation sites (tertiary alicyclic amines) is 1. The molecular weight excluding hydrogens is 220 g/mol. The van der Waals surface area contributed by atoms with Gasteiger partial charge in [-0.15, -0.1) is 0 Å². The van der Waals surface area contributed by atoms with Crippen molar-refractivity contribution in [2.24, 2.45) is 0 Å². The van der Waals surface area contributed by atoms with Gasteiger partial charge in [0.15, 0.2) is 0 Å². The lowest BCUT2D eigenvalue weighted by molar-refractivity contribution is -0.126. The van der Waals surface area contributed by atoms with Crippen molar-refractivity contribution in [3.63, 3.8) is 0 Å². The quantitative estimate of drug-likeness (QED) is 0.547. The standard InChI is InChI=1S/C11H20N4O2/c16-10-8-13-9(7-14-10)11(17)12-3-6-15-4-1-2-5-15/h9,13H,1-8H2,(H,12,17)(H,14,16). The van der Waals surface area contributed by atoms with E-state index in [2.05, 4.69) is 20.9 Å². The molecule has 0 radical (unpaired) electrons. The molecule has 0 aliphatic carbocycles. The summed E-state index contributed by atoms with van der Waals surface area (Å²) in [5, 5.41) is 8.48. The summed E-state index contributed by atoms with van der Waals surface area (Å²) < 4.78 is 0. The minimum Gasteiger partial charge on any atom is -0.353 e. The van der Waals surface area contributed by atoms with E-state index in [1.165, 1.54) is 12.8 Å². The topological polar surface area (TPSA) is 73.5 Å². The largest absolute Gasteiger partial charge is 0.353 e. The van der Waals surface area contributed by atoms with Gasteiger partial charge in [-0.25, -0.2) is 0 Å². The van der Waals surface area contributed by atoms with E-state index >= 15 is 0 Å². The van der Waals surface area contributed by atoms with Gasteiger partial charge < -0.3 is 15.5 Å². The number of nitrogens with one attached hydrogen (secondary N) is 3. The van der Waals surface area contributed by atoms with E-state index in [1.807, 2.05) is 0 Å². The number of nitrogens with zero attached hydrogens (tertiary/aromatic N) is 1. The molecule has 1 atom stereocenters. The number of carbonyl (C=O) groups excluding carboxylic acids is 2. The minimum atomic E-state index is -0.286. The molecule has 2 aliphatic rings. The Balaban J connectivity index is 1.61. The van der Waals surface area contributed by atoms with Crippen LogP contribution in [-0.4, -0.2) is 62.0 Å². The third-order valence-corrected chi connectivity index (χ3v) is 3.25. The highest BCUT2D eigenvalue weighted by Crippen LogP contribution is 2.05. The molecule has 6 nitrogen and oxygen atoms in total. The van der Waals surface area contributed by atoms with Crippen LogP contribution in [0.5, 0.6) is 0 Å². The Morgan fingerprint density at radius 2 is 2.18 bits per heavy atom. The summed E-state index contributed by atoms with van der Waals surface area (Å²) in [5.41, 5.74) is 0.